The summed E-state index contributed by atoms with van der Waals surface area (Å²) >= 11 is 0. The zero-order valence-electron chi connectivity index (χ0n) is 12.4. The van der Waals surface area contributed by atoms with Gasteiger partial charge < -0.3 is 4.90 Å². The predicted molar refractivity (Wildman–Crippen MR) is 78.3 cm³/mol. The fourth-order valence-corrected chi connectivity index (χ4v) is 2.53. The maximum Gasteiger partial charge on any atom is 0.249 e. The first-order valence-corrected chi connectivity index (χ1v) is 7.18. The molecular weight excluding hydrogens is 268 g/mol. The normalized spacial score (nSPS) is 18.3. The Kier molecular flexibility index (Phi) is 4.73. The minimum absolute atomic E-state index is 0.272. The van der Waals surface area contributed by atoms with Crippen LogP contribution in [0, 0.1) is 6.92 Å². The number of piperidine rings is 1. The van der Waals surface area contributed by atoms with Crippen molar-refractivity contribution < 1.29 is 14.4 Å². The Balaban J connectivity index is 2.17. The molecule has 1 aliphatic heterocycles. The third kappa shape index (κ3) is 3.48. The van der Waals surface area contributed by atoms with Crippen LogP contribution in [0.1, 0.15) is 36.5 Å². The van der Waals surface area contributed by atoms with Crippen LogP contribution in [0.25, 0.3) is 0 Å². The molecule has 112 valence electrons. The molecular formula is C16H20N2O3. The smallest absolute Gasteiger partial charge is 0.249 e. The Hall–Kier alpha value is -2.17. The van der Waals surface area contributed by atoms with Crippen LogP contribution in [-0.2, 0) is 27.3 Å². The summed E-state index contributed by atoms with van der Waals surface area (Å²) in [5.74, 6) is -0.658. The summed E-state index contributed by atoms with van der Waals surface area (Å²) in [6.45, 7) is 4.45. The summed E-state index contributed by atoms with van der Waals surface area (Å²) in [6, 6.07) is 5.60. The van der Waals surface area contributed by atoms with E-state index < -0.39 is 6.04 Å². The number of carbonyl (C=O) groups is 3. The third-order valence-electron chi connectivity index (χ3n) is 3.92. The minimum atomic E-state index is -0.565. The molecule has 0 aliphatic carbocycles. The van der Waals surface area contributed by atoms with Crippen LogP contribution in [-0.4, -0.2) is 29.2 Å². The second-order valence-corrected chi connectivity index (χ2v) is 5.36. The van der Waals surface area contributed by atoms with Gasteiger partial charge in [-0.3, -0.25) is 19.7 Å². The molecule has 1 fully saturated rings. The zero-order valence-corrected chi connectivity index (χ0v) is 12.4. The first-order chi connectivity index (χ1) is 10.0. The van der Waals surface area contributed by atoms with Crippen molar-refractivity contribution in [2.24, 2.45) is 0 Å². The number of amides is 3. The lowest BCUT2D eigenvalue weighted by atomic mass is 10.0. The highest BCUT2D eigenvalue weighted by Gasteiger charge is 2.31. The van der Waals surface area contributed by atoms with E-state index in [1.54, 1.807) is 0 Å². The van der Waals surface area contributed by atoms with Crippen LogP contribution in [0.5, 0.6) is 0 Å². The largest absolute Gasteiger partial charge is 0.329 e. The summed E-state index contributed by atoms with van der Waals surface area (Å²) in [6.07, 6.45) is 2.27. The van der Waals surface area contributed by atoms with E-state index in [1.165, 1.54) is 10.5 Å². The van der Waals surface area contributed by atoms with E-state index in [1.807, 2.05) is 13.0 Å². The van der Waals surface area contributed by atoms with Gasteiger partial charge in [-0.25, -0.2) is 0 Å². The van der Waals surface area contributed by atoms with Crippen molar-refractivity contribution in [2.45, 2.75) is 45.7 Å². The molecule has 1 saturated heterocycles. The fourth-order valence-electron chi connectivity index (χ4n) is 2.53. The number of nitrogens with one attached hydrogen (secondary N) is 1. The molecule has 5 heteroatoms. The Bertz CT molecular complexity index is 569. The molecule has 3 amide bonds. The number of hydrogen-bond acceptors (Lipinski definition) is 3. The maximum atomic E-state index is 11.9. The van der Waals surface area contributed by atoms with Gasteiger partial charge in [-0.15, -0.1) is 0 Å². The number of rotatable bonds is 5. The molecule has 1 unspecified atom stereocenters. The molecule has 2 rings (SSSR count). The van der Waals surface area contributed by atoms with Gasteiger partial charge in [0.05, 0.1) is 0 Å². The summed E-state index contributed by atoms with van der Waals surface area (Å²) in [5.41, 5.74) is 3.32. The lowest BCUT2D eigenvalue weighted by Crippen LogP contribution is -2.51. The fraction of sp³-hybridized carbons (Fsp3) is 0.438. The van der Waals surface area contributed by atoms with Crippen LogP contribution in [0.2, 0.25) is 0 Å². The first-order valence-electron chi connectivity index (χ1n) is 7.18. The van der Waals surface area contributed by atoms with E-state index in [9.17, 15) is 14.4 Å². The van der Waals surface area contributed by atoms with Gasteiger partial charge in [0.1, 0.15) is 6.04 Å². The molecule has 21 heavy (non-hydrogen) atoms. The van der Waals surface area contributed by atoms with Crippen molar-refractivity contribution in [3.63, 3.8) is 0 Å². The number of hydrogen-bond donors (Lipinski definition) is 1. The van der Waals surface area contributed by atoms with E-state index >= 15 is 0 Å². The van der Waals surface area contributed by atoms with Gasteiger partial charge in [0.25, 0.3) is 0 Å². The Morgan fingerprint density at radius 2 is 2.14 bits per heavy atom. The summed E-state index contributed by atoms with van der Waals surface area (Å²) in [4.78, 5) is 35.9. The molecule has 0 aromatic heterocycles. The molecule has 1 aliphatic rings. The topological polar surface area (TPSA) is 66.5 Å². The highest BCUT2D eigenvalue weighted by atomic mass is 16.2. The minimum Gasteiger partial charge on any atom is -0.329 e. The van der Waals surface area contributed by atoms with E-state index in [0.717, 1.165) is 17.5 Å². The Morgan fingerprint density at radius 3 is 2.76 bits per heavy atom. The number of imide groups is 1. The molecule has 1 aromatic rings. The molecule has 0 bridgehead atoms. The van der Waals surface area contributed by atoms with Crippen molar-refractivity contribution in [1.29, 1.82) is 0 Å². The Labute approximate surface area is 124 Å². The van der Waals surface area contributed by atoms with E-state index in [0.29, 0.717) is 19.4 Å². The van der Waals surface area contributed by atoms with Crippen molar-refractivity contribution in [1.82, 2.24) is 10.2 Å². The van der Waals surface area contributed by atoms with Crippen molar-refractivity contribution in [2.75, 3.05) is 0 Å². The summed E-state index contributed by atoms with van der Waals surface area (Å²) < 4.78 is 0. The molecule has 0 saturated carbocycles. The van der Waals surface area contributed by atoms with Gasteiger partial charge in [-0.1, -0.05) is 25.1 Å². The van der Waals surface area contributed by atoms with Crippen molar-refractivity contribution in [3.8, 4) is 0 Å². The van der Waals surface area contributed by atoms with E-state index in [2.05, 4.69) is 24.4 Å². The van der Waals surface area contributed by atoms with Crippen LogP contribution in [0.4, 0.5) is 0 Å². The highest BCUT2D eigenvalue weighted by Crippen LogP contribution is 2.18. The quantitative estimate of drug-likeness (QED) is 0.656. The Morgan fingerprint density at radius 1 is 1.38 bits per heavy atom. The standard InChI is InChI=1S/C16H20N2O3/c1-3-12-5-4-11(2)13(8-12)9-18(10-19)14-6-7-15(20)17-16(14)21/h4-5,8,10,14H,3,6-7,9H2,1-2H3,(H,17,20,21). The van der Waals surface area contributed by atoms with Crippen LogP contribution in [0.15, 0.2) is 18.2 Å². The number of aryl methyl sites for hydroxylation is 2. The van der Waals surface area contributed by atoms with Crippen LogP contribution >= 0.6 is 0 Å². The average Bonchev–Trinajstić information content (AvgIpc) is 2.47. The lowest BCUT2D eigenvalue weighted by Gasteiger charge is -2.30. The molecule has 0 spiro atoms. The van der Waals surface area contributed by atoms with Gasteiger partial charge in [-0.05, 0) is 36.5 Å². The van der Waals surface area contributed by atoms with Crippen LogP contribution in [0.3, 0.4) is 0 Å². The van der Waals surface area contributed by atoms with Gasteiger partial charge in [0.15, 0.2) is 0 Å². The highest BCUT2D eigenvalue weighted by molar-refractivity contribution is 6.00. The average molecular weight is 288 g/mol. The second kappa shape index (κ2) is 6.52. The molecule has 5 nitrogen and oxygen atoms in total. The SMILES string of the molecule is CCc1ccc(C)c(CN(C=O)C2CCC(=O)NC2=O)c1. The molecule has 1 atom stereocenters. The van der Waals surface area contributed by atoms with Gasteiger partial charge in [0, 0.05) is 13.0 Å². The summed E-state index contributed by atoms with van der Waals surface area (Å²) in [7, 11) is 0. The first kappa shape index (κ1) is 15.2. The van der Waals surface area contributed by atoms with Gasteiger partial charge in [0.2, 0.25) is 18.2 Å². The third-order valence-corrected chi connectivity index (χ3v) is 3.92. The number of carbonyl (C=O) groups excluding carboxylic acids is 3. The van der Waals surface area contributed by atoms with Crippen molar-refractivity contribution >= 4 is 18.2 Å². The number of nitrogens with zero attached hydrogens (tertiary/aromatic N) is 1. The van der Waals surface area contributed by atoms with Gasteiger partial charge in [-0.2, -0.15) is 0 Å². The second-order valence-electron chi connectivity index (χ2n) is 5.36. The van der Waals surface area contributed by atoms with Gasteiger partial charge >= 0.3 is 0 Å². The zero-order chi connectivity index (χ0) is 15.4. The lowest BCUT2D eigenvalue weighted by molar-refractivity contribution is -0.141. The molecule has 1 heterocycles. The molecule has 1 aromatic carbocycles. The summed E-state index contributed by atoms with van der Waals surface area (Å²) in [5, 5.41) is 2.29. The predicted octanol–water partition coefficient (Wildman–Crippen LogP) is 1.32. The molecule has 1 N–H and O–H groups in total. The van der Waals surface area contributed by atoms with Crippen molar-refractivity contribution in [3.05, 3.63) is 34.9 Å². The van der Waals surface area contributed by atoms with E-state index in [4.69, 9.17) is 0 Å². The monoisotopic (exact) mass is 288 g/mol. The van der Waals surface area contributed by atoms with Crippen LogP contribution < -0.4 is 5.32 Å². The number of benzene rings is 1. The maximum absolute atomic E-state index is 11.9. The van der Waals surface area contributed by atoms with E-state index in [-0.39, 0.29) is 18.2 Å². The molecule has 0 radical (unpaired) electrons.